The first-order valence-electron chi connectivity index (χ1n) is 10.3. The minimum Gasteiger partial charge on any atom is -0.366 e. The fraction of sp³-hybridized carbons (Fsp3) is 0.174. The standard InChI is InChI=1S/C23H20N8O2/c1-14-19(10-18(13-26-14)17-6-8-30-21(11-17)28-22(25)29-30)27-23(32)31-20(7-9-33-31)16-4-2-15(12-24)3-5-16/h2-6,8,10-11,13,20H,7,9H2,1H3,(H2,25,29)(H,27,32). The molecular formula is C23H20N8O2. The van der Waals surface area contributed by atoms with Crippen molar-refractivity contribution in [2.75, 3.05) is 17.7 Å². The predicted octanol–water partition coefficient (Wildman–Crippen LogP) is 3.46. The van der Waals surface area contributed by atoms with Crippen LogP contribution in [0, 0.1) is 18.3 Å². The molecule has 1 aliphatic rings. The summed E-state index contributed by atoms with van der Waals surface area (Å²) in [6.07, 6.45) is 4.17. The van der Waals surface area contributed by atoms with Crippen LogP contribution in [0.4, 0.5) is 16.4 Å². The van der Waals surface area contributed by atoms with Gasteiger partial charge in [-0.15, -0.1) is 5.10 Å². The van der Waals surface area contributed by atoms with E-state index in [1.54, 1.807) is 29.0 Å². The van der Waals surface area contributed by atoms with Crippen LogP contribution < -0.4 is 11.1 Å². The molecule has 5 rings (SSSR count). The second kappa shape index (κ2) is 8.22. The second-order valence-electron chi connectivity index (χ2n) is 7.67. The topological polar surface area (TPSA) is 134 Å². The summed E-state index contributed by atoms with van der Waals surface area (Å²) in [7, 11) is 0. The number of benzene rings is 1. The van der Waals surface area contributed by atoms with E-state index in [0.717, 1.165) is 16.7 Å². The number of aromatic nitrogens is 4. The number of nitriles is 1. The number of hydrogen-bond acceptors (Lipinski definition) is 7. The molecule has 1 aliphatic heterocycles. The van der Waals surface area contributed by atoms with Crippen LogP contribution >= 0.6 is 0 Å². The summed E-state index contributed by atoms with van der Waals surface area (Å²) in [6.45, 7) is 2.25. The molecular weight excluding hydrogens is 420 g/mol. The maximum atomic E-state index is 13.1. The highest BCUT2D eigenvalue weighted by Gasteiger charge is 2.32. The van der Waals surface area contributed by atoms with Gasteiger partial charge < -0.3 is 11.1 Å². The summed E-state index contributed by atoms with van der Waals surface area (Å²) in [5, 5.41) is 17.4. The molecule has 3 N–H and O–H groups in total. The number of hydroxylamine groups is 2. The van der Waals surface area contributed by atoms with Crippen molar-refractivity contribution >= 4 is 23.3 Å². The van der Waals surface area contributed by atoms with Gasteiger partial charge >= 0.3 is 6.03 Å². The van der Waals surface area contributed by atoms with Crippen LogP contribution in [-0.4, -0.2) is 37.3 Å². The first-order valence-corrected chi connectivity index (χ1v) is 10.3. The molecule has 10 nitrogen and oxygen atoms in total. The Morgan fingerprint density at radius 3 is 2.85 bits per heavy atom. The van der Waals surface area contributed by atoms with Gasteiger partial charge in [-0.25, -0.2) is 9.31 Å². The highest BCUT2D eigenvalue weighted by molar-refractivity contribution is 5.90. The van der Waals surface area contributed by atoms with Crippen molar-refractivity contribution in [3.63, 3.8) is 0 Å². The van der Waals surface area contributed by atoms with E-state index in [0.29, 0.717) is 35.6 Å². The molecule has 0 aliphatic carbocycles. The van der Waals surface area contributed by atoms with E-state index in [1.165, 1.54) is 5.06 Å². The molecule has 0 radical (unpaired) electrons. The fourth-order valence-corrected chi connectivity index (χ4v) is 3.82. The highest BCUT2D eigenvalue weighted by atomic mass is 16.7. The average molecular weight is 440 g/mol. The minimum atomic E-state index is -0.385. The number of urea groups is 1. The highest BCUT2D eigenvalue weighted by Crippen LogP contribution is 2.32. The smallest absolute Gasteiger partial charge is 0.346 e. The van der Waals surface area contributed by atoms with Gasteiger partial charge in [-0.2, -0.15) is 15.3 Å². The number of rotatable bonds is 3. The molecule has 4 aromatic rings. The maximum Gasteiger partial charge on any atom is 0.346 e. The lowest BCUT2D eigenvalue weighted by atomic mass is 10.0. The van der Waals surface area contributed by atoms with Crippen molar-refractivity contribution in [3.05, 3.63) is 71.7 Å². The third kappa shape index (κ3) is 3.93. The molecule has 164 valence electrons. The Kier molecular flexibility index (Phi) is 5.08. The SMILES string of the molecule is Cc1ncc(-c2ccn3nc(N)nc3c2)cc1NC(=O)N1OCCC1c1ccc(C#N)cc1. The van der Waals surface area contributed by atoms with Gasteiger partial charge in [0.25, 0.3) is 0 Å². The zero-order valence-electron chi connectivity index (χ0n) is 17.8. The lowest BCUT2D eigenvalue weighted by molar-refractivity contribution is -0.0829. The Hall–Kier alpha value is -4.49. The number of fused-ring (bicyclic) bond motifs is 1. The Balaban J connectivity index is 1.38. The van der Waals surface area contributed by atoms with E-state index in [4.69, 9.17) is 15.8 Å². The number of carbonyl (C=O) groups is 1. The van der Waals surface area contributed by atoms with Crippen molar-refractivity contribution in [1.82, 2.24) is 24.6 Å². The Labute approximate surface area is 189 Å². The molecule has 33 heavy (non-hydrogen) atoms. The number of nitrogens with two attached hydrogens (primary N) is 1. The molecule has 1 unspecified atom stereocenters. The molecule has 1 saturated heterocycles. The van der Waals surface area contributed by atoms with Gasteiger partial charge in [-0.3, -0.25) is 9.82 Å². The van der Waals surface area contributed by atoms with Crippen molar-refractivity contribution in [3.8, 4) is 17.2 Å². The molecule has 0 saturated carbocycles. The first-order chi connectivity index (χ1) is 16.0. The molecule has 3 aromatic heterocycles. The summed E-state index contributed by atoms with van der Waals surface area (Å²) in [6, 6.07) is 14.2. The summed E-state index contributed by atoms with van der Waals surface area (Å²) in [4.78, 5) is 27.3. The van der Waals surface area contributed by atoms with Crippen LogP contribution in [0.3, 0.4) is 0 Å². The van der Waals surface area contributed by atoms with Gasteiger partial charge in [0.05, 0.1) is 35.7 Å². The van der Waals surface area contributed by atoms with E-state index >= 15 is 0 Å². The van der Waals surface area contributed by atoms with Crippen molar-refractivity contribution in [2.24, 2.45) is 0 Å². The molecule has 0 spiro atoms. The monoisotopic (exact) mass is 440 g/mol. The number of pyridine rings is 2. The third-order valence-electron chi connectivity index (χ3n) is 5.55. The normalized spacial score (nSPS) is 15.5. The van der Waals surface area contributed by atoms with Gasteiger partial charge in [0.15, 0.2) is 5.65 Å². The summed E-state index contributed by atoms with van der Waals surface area (Å²) >= 11 is 0. The number of hydrogen-bond donors (Lipinski definition) is 2. The van der Waals surface area contributed by atoms with Crippen molar-refractivity contribution < 1.29 is 9.63 Å². The van der Waals surface area contributed by atoms with Crippen LogP contribution in [-0.2, 0) is 4.84 Å². The third-order valence-corrected chi connectivity index (χ3v) is 5.55. The molecule has 1 aromatic carbocycles. The first kappa shape index (κ1) is 20.4. The molecule has 10 heteroatoms. The van der Waals surface area contributed by atoms with Crippen LogP contribution in [0.15, 0.2) is 54.9 Å². The molecule has 2 amide bonds. The average Bonchev–Trinajstić information content (AvgIpc) is 3.46. The fourth-order valence-electron chi connectivity index (χ4n) is 3.82. The number of nitrogen functional groups attached to an aromatic ring is 1. The van der Waals surface area contributed by atoms with Crippen LogP contribution in [0.25, 0.3) is 16.8 Å². The quantitative estimate of drug-likeness (QED) is 0.498. The van der Waals surface area contributed by atoms with Gasteiger partial charge in [0, 0.05) is 24.4 Å². The largest absolute Gasteiger partial charge is 0.366 e. The Morgan fingerprint density at radius 2 is 2.06 bits per heavy atom. The Bertz CT molecular complexity index is 1390. The number of amides is 2. The van der Waals surface area contributed by atoms with Gasteiger partial charge in [0.1, 0.15) is 0 Å². The molecule has 1 atom stereocenters. The van der Waals surface area contributed by atoms with E-state index in [-0.39, 0.29) is 18.0 Å². The van der Waals surface area contributed by atoms with E-state index in [2.05, 4.69) is 26.5 Å². The number of aryl methyl sites for hydroxylation is 1. The molecule has 4 heterocycles. The number of nitrogens with zero attached hydrogens (tertiary/aromatic N) is 6. The molecule has 0 bridgehead atoms. The van der Waals surface area contributed by atoms with Crippen LogP contribution in [0.1, 0.15) is 29.3 Å². The van der Waals surface area contributed by atoms with Crippen molar-refractivity contribution in [2.45, 2.75) is 19.4 Å². The Morgan fingerprint density at radius 1 is 1.24 bits per heavy atom. The van der Waals surface area contributed by atoms with Crippen LogP contribution in [0.5, 0.6) is 0 Å². The van der Waals surface area contributed by atoms with Crippen molar-refractivity contribution in [1.29, 1.82) is 5.26 Å². The minimum absolute atomic E-state index is 0.199. The molecule has 1 fully saturated rings. The van der Waals surface area contributed by atoms with E-state index < -0.39 is 0 Å². The number of anilines is 2. The van der Waals surface area contributed by atoms with E-state index in [1.807, 2.05) is 37.3 Å². The predicted molar refractivity (Wildman–Crippen MR) is 121 cm³/mol. The number of nitrogens with one attached hydrogen (secondary N) is 1. The van der Waals surface area contributed by atoms with Crippen LogP contribution in [0.2, 0.25) is 0 Å². The maximum absolute atomic E-state index is 13.1. The zero-order valence-corrected chi connectivity index (χ0v) is 17.8. The van der Waals surface area contributed by atoms with Gasteiger partial charge in [-0.1, -0.05) is 12.1 Å². The summed E-state index contributed by atoms with van der Waals surface area (Å²) in [5.74, 6) is 0.199. The zero-order chi connectivity index (χ0) is 22.9. The summed E-state index contributed by atoms with van der Waals surface area (Å²) < 4.78 is 1.59. The van der Waals surface area contributed by atoms with Gasteiger partial charge in [-0.05, 0) is 48.4 Å². The van der Waals surface area contributed by atoms with Gasteiger partial charge in [0.2, 0.25) is 5.95 Å². The second-order valence-corrected chi connectivity index (χ2v) is 7.67. The van der Waals surface area contributed by atoms with E-state index in [9.17, 15) is 4.79 Å². The summed E-state index contributed by atoms with van der Waals surface area (Å²) in [5.41, 5.74) is 10.7. The lowest BCUT2D eigenvalue weighted by Gasteiger charge is -2.23. The number of carbonyl (C=O) groups excluding carboxylic acids is 1. The lowest BCUT2D eigenvalue weighted by Crippen LogP contribution is -2.33.